The molecule has 23 heavy (non-hydrogen) atoms. The highest BCUT2D eigenvalue weighted by atomic mass is 16.1. The summed E-state index contributed by atoms with van der Waals surface area (Å²) < 4.78 is 1.78. The van der Waals surface area contributed by atoms with Crippen molar-refractivity contribution < 1.29 is 4.79 Å². The molecule has 1 saturated carbocycles. The maximum Gasteiger partial charge on any atom is 0.223 e. The molecule has 1 aliphatic carbocycles. The number of hydrogen-bond donors (Lipinski definition) is 1. The third-order valence-electron chi connectivity index (χ3n) is 4.71. The van der Waals surface area contributed by atoms with Crippen LogP contribution in [0.4, 0.5) is 0 Å². The first-order valence-electron chi connectivity index (χ1n) is 8.28. The van der Waals surface area contributed by atoms with Crippen molar-refractivity contribution >= 4 is 5.91 Å². The van der Waals surface area contributed by atoms with Crippen LogP contribution in [0.5, 0.6) is 0 Å². The Balaban J connectivity index is 1.46. The van der Waals surface area contributed by atoms with E-state index in [2.05, 4.69) is 20.8 Å². The quantitative estimate of drug-likeness (QED) is 0.919. The standard InChI is InChI=1S/C17H23N5O/c1-13(15-5-3-2-4-6-15)19-17(23)16-9-7-14(8-10-16)11-22-12-18-20-21-22/h2-6,12-14,16H,7-11H2,1H3,(H,19,23). The van der Waals surface area contributed by atoms with Gasteiger partial charge in [-0.25, -0.2) is 4.68 Å². The average molecular weight is 313 g/mol. The van der Waals surface area contributed by atoms with Gasteiger partial charge in [0.2, 0.25) is 5.91 Å². The first kappa shape index (κ1) is 15.6. The number of tetrazole rings is 1. The summed E-state index contributed by atoms with van der Waals surface area (Å²) in [6.07, 6.45) is 5.65. The molecule has 2 aromatic rings. The monoisotopic (exact) mass is 313 g/mol. The van der Waals surface area contributed by atoms with Gasteiger partial charge in [0, 0.05) is 12.5 Å². The second-order valence-electron chi connectivity index (χ2n) is 6.39. The van der Waals surface area contributed by atoms with Crippen LogP contribution in [-0.4, -0.2) is 26.1 Å². The van der Waals surface area contributed by atoms with Gasteiger partial charge in [-0.05, 0) is 54.5 Å². The van der Waals surface area contributed by atoms with E-state index in [0.29, 0.717) is 5.92 Å². The van der Waals surface area contributed by atoms with E-state index in [0.717, 1.165) is 37.8 Å². The van der Waals surface area contributed by atoms with Crippen LogP contribution in [0.25, 0.3) is 0 Å². The molecule has 122 valence electrons. The number of nitrogens with zero attached hydrogens (tertiary/aromatic N) is 4. The van der Waals surface area contributed by atoms with Crippen LogP contribution < -0.4 is 5.32 Å². The van der Waals surface area contributed by atoms with Gasteiger partial charge < -0.3 is 5.32 Å². The minimum Gasteiger partial charge on any atom is -0.349 e. The SMILES string of the molecule is CC(NC(=O)C1CCC(Cn2cnnn2)CC1)c1ccccc1. The molecule has 0 aliphatic heterocycles. The van der Waals surface area contributed by atoms with Gasteiger partial charge in [0.15, 0.2) is 0 Å². The Kier molecular flexibility index (Phi) is 5.00. The molecule has 1 aliphatic rings. The number of rotatable bonds is 5. The third kappa shape index (κ3) is 4.15. The fourth-order valence-corrected chi connectivity index (χ4v) is 3.29. The van der Waals surface area contributed by atoms with E-state index < -0.39 is 0 Å². The van der Waals surface area contributed by atoms with Crippen LogP contribution >= 0.6 is 0 Å². The topological polar surface area (TPSA) is 72.7 Å². The summed E-state index contributed by atoms with van der Waals surface area (Å²) >= 11 is 0. The third-order valence-corrected chi connectivity index (χ3v) is 4.71. The molecule has 1 amide bonds. The average Bonchev–Trinajstić information content (AvgIpc) is 3.09. The number of hydrogen-bond acceptors (Lipinski definition) is 4. The van der Waals surface area contributed by atoms with Gasteiger partial charge in [-0.2, -0.15) is 0 Å². The molecule has 6 nitrogen and oxygen atoms in total. The van der Waals surface area contributed by atoms with E-state index in [1.165, 1.54) is 0 Å². The Morgan fingerprint density at radius 1 is 1.26 bits per heavy atom. The Morgan fingerprint density at radius 2 is 2.00 bits per heavy atom. The molecule has 1 aromatic heterocycles. The van der Waals surface area contributed by atoms with Crippen molar-refractivity contribution in [1.29, 1.82) is 0 Å². The van der Waals surface area contributed by atoms with Crippen LogP contribution in [0.15, 0.2) is 36.7 Å². The Labute approximate surface area is 136 Å². The molecule has 0 bridgehead atoms. The number of carbonyl (C=O) groups is 1. The van der Waals surface area contributed by atoms with E-state index >= 15 is 0 Å². The van der Waals surface area contributed by atoms with Gasteiger partial charge in [-0.15, -0.1) is 5.10 Å². The molecule has 1 unspecified atom stereocenters. The summed E-state index contributed by atoms with van der Waals surface area (Å²) in [5.41, 5.74) is 1.15. The van der Waals surface area contributed by atoms with Gasteiger partial charge in [0.1, 0.15) is 6.33 Å². The largest absolute Gasteiger partial charge is 0.349 e. The highest BCUT2D eigenvalue weighted by Crippen LogP contribution is 2.30. The molecule has 1 atom stereocenters. The Morgan fingerprint density at radius 3 is 2.65 bits per heavy atom. The summed E-state index contributed by atoms with van der Waals surface area (Å²) in [6, 6.07) is 10.2. The van der Waals surface area contributed by atoms with Crippen molar-refractivity contribution in [3.05, 3.63) is 42.2 Å². The first-order chi connectivity index (χ1) is 11.2. The lowest BCUT2D eigenvalue weighted by atomic mass is 9.81. The van der Waals surface area contributed by atoms with E-state index in [4.69, 9.17) is 0 Å². The van der Waals surface area contributed by atoms with Crippen molar-refractivity contribution in [2.24, 2.45) is 11.8 Å². The Hall–Kier alpha value is -2.24. The molecular weight excluding hydrogens is 290 g/mol. The van der Waals surface area contributed by atoms with Crippen LogP contribution in [-0.2, 0) is 11.3 Å². The van der Waals surface area contributed by atoms with Crippen LogP contribution in [0.1, 0.15) is 44.2 Å². The van der Waals surface area contributed by atoms with E-state index in [1.54, 1.807) is 11.0 Å². The van der Waals surface area contributed by atoms with Gasteiger partial charge >= 0.3 is 0 Å². The van der Waals surface area contributed by atoms with Crippen molar-refractivity contribution in [3.63, 3.8) is 0 Å². The smallest absolute Gasteiger partial charge is 0.223 e. The minimum absolute atomic E-state index is 0.0580. The number of amides is 1. The summed E-state index contributed by atoms with van der Waals surface area (Å²) in [5.74, 6) is 0.877. The first-order valence-corrected chi connectivity index (χ1v) is 8.28. The molecule has 0 spiro atoms. The highest BCUT2D eigenvalue weighted by Gasteiger charge is 2.27. The highest BCUT2D eigenvalue weighted by molar-refractivity contribution is 5.79. The molecule has 0 radical (unpaired) electrons. The van der Waals surface area contributed by atoms with Crippen molar-refractivity contribution in [1.82, 2.24) is 25.5 Å². The molecule has 0 saturated heterocycles. The fourth-order valence-electron chi connectivity index (χ4n) is 3.29. The minimum atomic E-state index is 0.0580. The van der Waals surface area contributed by atoms with Crippen LogP contribution in [0.3, 0.4) is 0 Å². The number of nitrogens with one attached hydrogen (secondary N) is 1. The lowest BCUT2D eigenvalue weighted by Crippen LogP contribution is -2.35. The lowest BCUT2D eigenvalue weighted by Gasteiger charge is -2.28. The van der Waals surface area contributed by atoms with Crippen molar-refractivity contribution in [3.8, 4) is 0 Å². The summed E-state index contributed by atoms with van der Waals surface area (Å²) in [5, 5.41) is 14.4. The number of aromatic nitrogens is 4. The zero-order chi connectivity index (χ0) is 16.1. The molecule has 1 heterocycles. The van der Waals surface area contributed by atoms with E-state index in [9.17, 15) is 4.79 Å². The van der Waals surface area contributed by atoms with E-state index in [1.807, 2.05) is 37.3 Å². The number of carbonyl (C=O) groups excluding carboxylic acids is 1. The van der Waals surface area contributed by atoms with Crippen molar-refractivity contribution in [2.45, 2.75) is 45.2 Å². The van der Waals surface area contributed by atoms with E-state index in [-0.39, 0.29) is 17.9 Å². The summed E-state index contributed by atoms with van der Waals surface area (Å²) in [7, 11) is 0. The maximum atomic E-state index is 12.5. The zero-order valence-corrected chi connectivity index (χ0v) is 13.4. The fraction of sp³-hybridized carbons (Fsp3) is 0.529. The lowest BCUT2D eigenvalue weighted by molar-refractivity contribution is -0.126. The molecular formula is C17H23N5O. The van der Waals surface area contributed by atoms with Crippen LogP contribution in [0.2, 0.25) is 0 Å². The second kappa shape index (κ2) is 7.35. The maximum absolute atomic E-state index is 12.5. The normalized spacial score (nSPS) is 22.5. The second-order valence-corrected chi connectivity index (χ2v) is 6.39. The number of benzene rings is 1. The van der Waals surface area contributed by atoms with Gasteiger partial charge in [0.05, 0.1) is 6.04 Å². The Bertz CT molecular complexity index is 605. The van der Waals surface area contributed by atoms with Gasteiger partial charge in [0.25, 0.3) is 0 Å². The predicted octanol–water partition coefficient (Wildman–Crippen LogP) is 2.36. The van der Waals surface area contributed by atoms with Crippen LogP contribution in [0, 0.1) is 11.8 Å². The molecule has 1 fully saturated rings. The van der Waals surface area contributed by atoms with Crippen molar-refractivity contribution in [2.75, 3.05) is 0 Å². The molecule has 1 N–H and O–H groups in total. The van der Waals surface area contributed by atoms with Gasteiger partial charge in [-0.3, -0.25) is 4.79 Å². The predicted molar refractivity (Wildman–Crippen MR) is 86.3 cm³/mol. The molecule has 3 rings (SSSR count). The summed E-state index contributed by atoms with van der Waals surface area (Å²) in [4.78, 5) is 12.5. The zero-order valence-electron chi connectivity index (χ0n) is 13.4. The summed E-state index contributed by atoms with van der Waals surface area (Å²) in [6.45, 7) is 2.89. The molecule has 1 aromatic carbocycles. The molecule has 6 heteroatoms. The van der Waals surface area contributed by atoms with Gasteiger partial charge in [-0.1, -0.05) is 30.3 Å².